The first-order chi connectivity index (χ1) is 10.2. The summed E-state index contributed by atoms with van der Waals surface area (Å²) in [4.78, 5) is 0. The van der Waals surface area contributed by atoms with Gasteiger partial charge in [-0.3, -0.25) is 0 Å². The lowest BCUT2D eigenvalue weighted by Gasteiger charge is -2.27. The molecule has 0 spiro atoms. The van der Waals surface area contributed by atoms with Gasteiger partial charge in [-0.2, -0.15) is 0 Å². The zero-order valence-electron chi connectivity index (χ0n) is 13.6. The fourth-order valence-electron chi connectivity index (χ4n) is 2.39. The number of hydrogen-bond donors (Lipinski definition) is 1. The molecule has 0 aromatic heterocycles. The summed E-state index contributed by atoms with van der Waals surface area (Å²) in [7, 11) is 1.66. The first kappa shape index (κ1) is 19.5. The molecule has 2 heteroatoms. The summed E-state index contributed by atoms with van der Waals surface area (Å²) in [6, 6.07) is 9.68. The molecule has 21 heavy (non-hydrogen) atoms. The van der Waals surface area contributed by atoms with E-state index in [1.165, 1.54) is 31.3 Å². The average molecular weight is 290 g/mol. The Morgan fingerprint density at radius 2 is 1.67 bits per heavy atom. The molecule has 1 aromatic rings. The molecule has 0 amide bonds. The number of aliphatic hydroxyl groups excluding tert-OH is 1. The van der Waals surface area contributed by atoms with Crippen LogP contribution in [0, 0.1) is 11.8 Å². The number of methoxy groups -OCH3 is 1. The van der Waals surface area contributed by atoms with Gasteiger partial charge in [0.05, 0.1) is 7.11 Å². The Hall–Kier alpha value is -1.54. The second-order valence-corrected chi connectivity index (χ2v) is 5.26. The van der Waals surface area contributed by atoms with Crippen molar-refractivity contribution in [1.82, 2.24) is 0 Å². The summed E-state index contributed by atoms with van der Waals surface area (Å²) >= 11 is 0. The molecule has 0 aliphatic heterocycles. The van der Waals surface area contributed by atoms with Crippen molar-refractivity contribution in [2.24, 2.45) is 11.8 Å². The first-order valence-electron chi connectivity index (χ1n) is 7.52. The van der Waals surface area contributed by atoms with Gasteiger partial charge in [-0.05, 0) is 56.6 Å². The summed E-state index contributed by atoms with van der Waals surface area (Å²) in [5.74, 6) is 2.22. The molecule has 0 saturated heterocycles. The number of aliphatic hydroxyl groups is 1. The predicted molar refractivity (Wildman–Crippen MR) is 91.6 cm³/mol. The normalized spacial score (nSPS) is 20.1. The second kappa shape index (κ2) is 12.2. The summed E-state index contributed by atoms with van der Waals surface area (Å²) in [5, 5.41) is 8.89. The van der Waals surface area contributed by atoms with Crippen LogP contribution in [0.2, 0.25) is 0 Å². The molecule has 1 saturated carbocycles. The first-order valence-corrected chi connectivity index (χ1v) is 7.52. The lowest BCUT2D eigenvalue weighted by molar-refractivity contribution is 0.175. The minimum absolute atomic E-state index is 0.378. The molecule has 0 radical (unpaired) electrons. The van der Waals surface area contributed by atoms with Gasteiger partial charge in [-0.15, -0.1) is 13.2 Å². The van der Waals surface area contributed by atoms with Gasteiger partial charge < -0.3 is 9.84 Å². The summed E-state index contributed by atoms with van der Waals surface area (Å²) in [5.41, 5.74) is 1.32. The number of benzene rings is 1. The van der Waals surface area contributed by atoms with Crippen LogP contribution in [0.1, 0.15) is 32.6 Å². The SMILES string of the molecule is C=C.C=C(C)C1CCC(CO)CC1.COc1ccccc1. The number of para-hydroxylation sites is 1. The maximum Gasteiger partial charge on any atom is 0.118 e. The highest BCUT2D eigenvalue weighted by Crippen LogP contribution is 2.31. The molecule has 1 aliphatic rings. The van der Waals surface area contributed by atoms with Crippen LogP contribution in [-0.2, 0) is 0 Å². The van der Waals surface area contributed by atoms with Crippen LogP contribution in [0.4, 0.5) is 0 Å². The molecule has 2 rings (SSSR count). The van der Waals surface area contributed by atoms with Crippen LogP contribution in [0.5, 0.6) is 5.75 Å². The van der Waals surface area contributed by atoms with Crippen molar-refractivity contribution in [2.75, 3.05) is 13.7 Å². The molecule has 1 N–H and O–H groups in total. The Balaban J connectivity index is 0.000000354. The topological polar surface area (TPSA) is 29.5 Å². The zero-order chi connectivity index (χ0) is 16.1. The largest absolute Gasteiger partial charge is 0.497 e. The molecule has 0 unspecified atom stereocenters. The van der Waals surface area contributed by atoms with Crippen molar-refractivity contribution in [3.63, 3.8) is 0 Å². The molecule has 0 atom stereocenters. The van der Waals surface area contributed by atoms with E-state index in [1.807, 2.05) is 30.3 Å². The van der Waals surface area contributed by atoms with Crippen molar-refractivity contribution < 1.29 is 9.84 Å². The van der Waals surface area contributed by atoms with E-state index in [4.69, 9.17) is 9.84 Å². The van der Waals surface area contributed by atoms with Crippen LogP contribution in [-0.4, -0.2) is 18.8 Å². The Bertz CT molecular complexity index is 364. The van der Waals surface area contributed by atoms with E-state index in [2.05, 4.69) is 26.7 Å². The molecular weight excluding hydrogens is 260 g/mol. The van der Waals surface area contributed by atoms with Gasteiger partial charge >= 0.3 is 0 Å². The highest BCUT2D eigenvalue weighted by molar-refractivity contribution is 5.20. The Kier molecular flexibility index (Phi) is 11.3. The second-order valence-electron chi connectivity index (χ2n) is 5.26. The maximum atomic E-state index is 8.89. The summed E-state index contributed by atoms with van der Waals surface area (Å²) in [6.07, 6.45) is 4.85. The predicted octanol–water partition coefficient (Wildman–Crippen LogP) is 4.86. The smallest absolute Gasteiger partial charge is 0.118 e. The van der Waals surface area contributed by atoms with E-state index in [1.54, 1.807) is 7.11 Å². The van der Waals surface area contributed by atoms with Crippen molar-refractivity contribution in [2.45, 2.75) is 32.6 Å². The maximum absolute atomic E-state index is 8.89. The highest BCUT2D eigenvalue weighted by Gasteiger charge is 2.20. The molecule has 0 bridgehead atoms. The minimum Gasteiger partial charge on any atom is -0.497 e. The van der Waals surface area contributed by atoms with Crippen molar-refractivity contribution in [1.29, 1.82) is 0 Å². The Morgan fingerprint density at radius 1 is 1.14 bits per heavy atom. The van der Waals surface area contributed by atoms with Gasteiger partial charge in [-0.25, -0.2) is 0 Å². The van der Waals surface area contributed by atoms with Gasteiger partial charge in [0.25, 0.3) is 0 Å². The lowest BCUT2D eigenvalue weighted by Crippen LogP contribution is -2.17. The minimum atomic E-state index is 0.378. The standard InChI is InChI=1S/C10H18O.C7H8O.C2H4/c1-8(2)10-5-3-9(7-11)4-6-10;1-8-7-5-3-2-4-6-7;1-2/h9-11H,1,3-7H2,2H3;2-6H,1H3;1-2H2. The number of ether oxygens (including phenoxy) is 1. The van der Waals surface area contributed by atoms with Gasteiger partial charge in [-0.1, -0.05) is 30.4 Å². The van der Waals surface area contributed by atoms with Gasteiger partial charge in [0.15, 0.2) is 0 Å². The van der Waals surface area contributed by atoms with Gasteiger partial charge in [0.2, 0.25) is 0 Å². The number of allylic oxidation sites excluding steroid dienone is 1. The molecule has 2 nitrogen and oxygen atoms in total. The van der Waals surface area contributed by atoms with Crippen LogP contribution < -0.4 is 4.74 Å². The molecule has 1 aromatic carbocycles. The van der Waals surface area contributed by atoms with Crippen molar-refractivity contribution >= 4 is 0 Å². The third-order valence-electron chi connectivity index (χ3n) is 3.78. The van der Waals surface area contributed by atoms with E-state index >= 15 is 0 Å². The summed E-state index contributed by atoms with van der Waals surface area (Å²) in [6.45, 7) is 12.5. The van der Waals surface area contributed by atoms with Gasteiger partial charge in [0.1, 0.15) is 5.75 Å². The van der Waals surface area contributed by atoms with Crippen molar-refractivity contribution in [3.8, 4) is 5.75 Å². The molecular formula is C19H30O2. The van der Waals surface area contributed by atoms with E-state index < -0.39 is 0 Å². The number of hydrogen-bond acceptors (Lipinski definition) is 2. The monoisotopic (exact) mass is 290 g/mol. The average Bonchev–Trinajstić information content (AvgIpc) is 2.58. The molecule has 118 valence electrons. The van der Waals surface area contributed by atoms with Crippen LogP contribution >= 0.6 is 0 Å². The Labute approximate surface area is 130 Å². The summed E-state index contributed by atoms with van der Waals surface area (Å²) < 4.78 is 4.91. The third-order valence-corrected chi connectivity index (χ3v) is 3.78. The fraction of sp³-hybridized carbons (Fsp3) is 0.474. The molecule has 1 fully saturated rings. The van der Waals surface area contributed by atoms with E-state index in [9.17, 15) is 0 Å². The van der Waals surface area contributed by atoms with Crippen LogP contribution in [0.15, 0.2) is 55.6 Å². The van der Waals surface area contributed by atoms with Crippen LogP contribution in [0.25, 0.3) is 0 Å². The highest BCUT2D eigenvalue weighted by atomic mass is 16.5. The molecule has 1 aliphatic carbocycles. The van der Waals surface area contributed by atoms with Gasteiger partial charge in [0, 0.05) is 6.61 Å². The quantitative estimate of drug-likeness (QED) is 0.806. The molecule has 0 heterocycles. The number of rotatable bonds is 3. The fourth-order valence-corrected chi connectivity index (χ4v) is 2.39. The van der Waals surface area contributed by atoms with E-state index in [-0.39, 0.29) is 0 Å². The third kappa shape index (κ3) is 8.36. The zero-order valence-corrected chi connectivity index (χ0v) is 13.6. The van der Waals surface area contributed by atoms with E-state index in [0.717, 1.165) is 11.7 Å². The van der Waals surface area contributed by atoms with Crippen molar-refractivity contribution in [3.05, 3.63) is 55.6 Å². The van der Waals surface area contributed by atoms with Crippen LogP contribution in [0.3, 0.4) is 0 Å². The van der Waals surface area contributed by atoms with E-state index in [0.29, 0.717) is 12.5 Å². The Morgan fingerprint density at radius 3 is 2.00 bits per heavy atom. The lowest BCUT2D eigenvalue weighted by atomic mass is 9.80.